The first-order valence-electron chi connectivity index (χ1n) is 5.35. The summed E-state index contributed by atoms with van der Waals surface area (Å²) in [6.07, 6.45) is 4.15. The molecule has 0 saturated carbocycles. The van der Waals surface area contributed by atoms with Crippen LogP contribution in [0.2, 0.25) is 0 Å². The quantitative estimate of drug-likeness (QED) is 0.866. The average molecular weight is 253 g/mol. The predicted molar refractivity (Wildman–Crippen MR) is 55.6 cm³/mol. The topological polar surface area (TPSA) is 76.7 Å². The minimum atomic E-state index is -2.73. The van der Waals surface area contributed by atoms with Crippen LogP contribution in [0.1, 0.15) is 18.4 Å². The first-order valence-corrected chi connectivity index (χ1v) is 5.35. The van der Waals surface area contributed by atoms with E-state index in [1.54, 1.807) is 0 Å². The van der Waals surface area contributed by atoms with E-state index in [0.29, 0.717) is 5.69 Å². The number of nitrogens with one attached hydrogen (secondary N) is 1. The third-order valence-corrected chi connectivity index (χ3v) is 2.64. The molecule has 1 saturated heterocycles. The van der Waals surface area contributed by atoms with Crippen molar-refractivity contribution in [1.82, 2.24) is 25.4 Å². The smallest absolute Gasteiger partial charge is 0.262 e. The summed E-state index contributed by atoms with van der Waals surface area (Å²) in [5, 5.41) is 6.35. The van der Waals surface area contributed by atoms with Crippen molar-refractivity contribution in [3.8, 4) is 11.5 Å². The van der Waals surface area contributed by atoms with Gasteiger partial charge in [0.25, 0.3) is 5.92 Å². The van der Waals surface area contributed by atoms with Crippen LogP contribution in [0.3, 0.4) is 0 Å². The van der Waals surface area contributed by atoms with Gasteiger partial charge in [0, 0.05) is 18.8 Å². The molecular formula is C10H9F2N5O. The number of alkyl halides is 2. The average Bonchev–Trinajstić information content (AvgIpc) is 2.96. The molecular weight excluding hydrogens is 244 g/mol. The third-order valence-electron chi connectivity index (χ3n) is 2.64. The second-order valence-corrected chi connectivity index (χ2v) is 4.04. The molecule has 0 aliphatic carbocycles. The Bertz CT molecular complexity index is 544. The molecule has 6 nitrogen and oxygen atoms in total. The number of hydrogen-bond acceptors (Lipinski definition) is 6. The molecule has 0 aromatic carbocycles. The van der Waals surface area contributed by atoms with E-state index in [1.807, 2.05) is 0 Å². The van der Waals surface area contributed by atoms with Gasteiger partial charge in [-0.2, -0.15) is 4.98 Å². The molecule has 0 bridgehead atoms. The summed E-state index contributed by atoms with van der Waals surface area (Å²) in [7, 11) is 0. The summed E-state index contributed by atoms with van der Waals surface area (Å²) in [5.41, 5.74) is 0.442. The Balaban J connectivity index is 1.83. The van der Waals surface area contributed by atoms with Crippen molar-refractivity contribution in [1.29, 1.82) is 0 Å². The fourth-order valence-corrected chi connectivity index (χ4v) is 1.79. The molecule has 0 spiro atoms. The molecule has 8 heteroatoms. The zero-order valence-electron chi connectivity index (χ0n) is 9.18. The van der Waals surface area contributed by atoms with E-state index < -0.39 is 12.0 Å². The predicted octanol–water partition coefficient (Wildman–Crippen LogP) is 1.20. The lowest BCUT2D eigenvalue weighted by Crippen LogP contribution is -2.19. The molecule has 1 aliphatic heterocycles. The molecule has 0 amide bonds. The molecule has 1 unspecified atom stereocenters. The second-order valence-electron chi connectivity index (χ2n) is 4.04. The number of aromatic nitrogens is 4. The molecule has 2 aromatic heterocycles. The molecule has 2 aromatic rings. The fourth-order valence-electron chi connectivity index (χ4n) is 1.79. The molecule has 94 valence electrons. The van der Waals surface area contributed by atoms with Crippen molar-refractivity contribution in [2.24, 2.45) is 0 Å². The Morgan fingerprint density at radius 2 is 2.28 bits per heavy atom. The van der Waals surface area contributed by atoms with Gasteiger partial charge in [0.2, 0.25) is 11.7 Å². The van der Waals surface area contributed by atoms with Crippen LogP contribution >= 0.6 is 0 Å². The number of nitrogens with zero attached hydrogens (tertiary/aromatic N) is 4. The molecule has 1 aliphatic rings. The van der Waals surface area contributed by atoms with Gasteiger partial charge in [-0.05, 0) is 0 Å². The molecule has 0 radical (unpaired) electrons. The van der Waals surface area contributed by atoms with Gasteiger partial charge < -0.3 is 4.52 Å². The van der Waals surface area contributed by atoms with Crippen LogP contribution < -0.4 is 5.32 Å². The van der Waals surface area contributed by atoms with Crippen LogP contribution in [-0.4, -0.2) is 32.6 Å². The highest BCUT2D eigenvalue weighted by Crippen LogP contribution is 2.33. The van der Waals surface area contributed by atoms with Gasteiger partial charge >= 0.3 is 0 Å². The van der Waals surface area contributed by atoms with Gasteiger partial charge in [-0.1, -0.05) is 5.16 Å². The maximum absolute atomic E-state index is 13.0. The van der Waals surface area contributed by atoms with E-state index in [-0.39, 0.29) is 24.7 Å². The molecule has 1 fully saturated rings. The highest BCUT2D eigenvalue weighted by molar-refractivity contribution is 5.45. The van der Waals surface area contributed by atoms with Crippen LogP contribution in [-0.2, 0) is 0 Å². The fraction of sp³-hybridized carbons (Fsp3) is 0.400. The van der Waals surface area contributed by atoms with Gasteiger partial charge in [-0.25, -0.2) is 13.8 Å². The largest absolute Gasteiger partial charge is 0.337 e. The monoisotopic (exact) mass is 253 g/mol. The lowest BCUT2D eigenvalue weighted by atomic mass is 10.2. The molecule has 1 atom stereocenters. The second kappa shape index (κ2) is 4.05. The summed E-state index contributed by atoms with van der Waals surface area (Å²) in [4.78, 5) is 11.9. The van der Waals surface area contributed by atoms with Crippen LogP contribution in [0.5, 0.6) is 0 Å². The van der Waals surface area contributed by atoms with Crippen molar-refractivity contribution in [2.45, 2.75) is 18.4 Å². The molecule has 3 heterocycles. The van der Waals surface area contributed by atoms with E-state index in [9.17, 15) is 8.78 Å². The summed E-state index contributed by atoms with van der Waals surface area (Å²) < 4.78 is 31.0. The highest BCUT2D eigenvalue weighted by atomic mass is 19.3. The van der Waals surface area contributed by atoms with Crippen LogP contribution in [0.25, 0.3) is 11.5 Å². The van der Waals surface area contributed by atoms with E-state index in [0.717, 1.165) is 0 Å². The van der Waals surface area contributed by atoms with Crippen LogP contribution in [0.4, 0.5) is 8.78 Å². The Morgan fingerprint density at radius 3 is 2.94 bits per heavy atom. The van der Waals surface area contributed by atoms with Gasteiger partial charge in [0.1, 0.15) is 5.69 Å². The van der Waals surface area contributed by atoms with Gasteiger partial charge in [-0.15, -0.1) is 0 Å². The number of hydrogen-bond donors (Lipinski definition) is 1. The Labute approximate surface area is 100 Å². The third kappa shape index (κ3) is 2.06. The Hall–Kier alpha value is -1.96. The highest BCUT2D eigenvalue weighted by Gasteiger charge is 2.42. The molecule has 18 heavy (non-hydrogen) atoms. The minimum absolute atomic E-state index is 0.146. The first kappa shape index (κ1) is 11.1. The zero-order valence-corrected chi connectivity index (χ0v) is 9.18. The zero-order chi connectivity index (χ0) is 12.6. The maximum Gasteiger partial charge on any atom is 0.262 e. The minimum Gasteiger partial charge on any atom is -0.337 e. The Morgan fingerprint density at radius 1 is 1.39 bits per heavy atom. The number of rotatable bonds is 2. The maximum atomic E-state index is 13.0. The summed E-state index contributed by atoms with van der Waals surface area (Å²) in [6, 6.07) is -0.613. The summed E-state index contributed by atoms with van der Waals surface area (Å²) >= 11 is 0. The van der Waals surface area contributed by atoms with E-state index in [2.05, 4.69) is 25.4 Å². The summed E-state index contributed by atoms with van der Waals surface area (Å²) in [5.74, 6) is -2.34. The van der Waals surface area contributed by atoms with Crippen LogP contribution in [0, 0.1) is 0 Å². The normalized spacial score (nSPS) is 22.2. The van der Waals surface area contributed by atoms with Crippen molar-refractivity contribution >= 4 is 0 Å². The van der Waals surface area contributed by atoms with Crippen molar-refractivity contribution in [3.05, 3.63) is 24.5 Å². The molecule has 3 rings (SSSR count). The standard InChI is InChI=1S/C10H9F2N5O/c11-10(12)3-6(15-5-10)9-16-8(17-18-9)7-4-13-1-2-14-7/h1-2,4,6,15H,3,5H2. The summed E-state index contributed by atoms with van der Waals surface area (Å²) in [6.45, 7) is -0.374. The van der Waals surface area contributed by atoms with Crippen molar-refractivity contribution < 1.29 is 13.3 Å². The van der Waals surface area contributed by atoms with E-state index in [1.165, 1.54) is 18.6 Å². The SMILES string of the molecule is FC1(F)CNC(c2nc(-c3cnccn3)no2)C1. The lowest BCUT2D eigenvalue weighted by Gasteiger charge is -2.04. The van der Waals surface area contributed by atoms with Gasteiger partial charge in [-0.3, -0.25) is 10.3 Å². The van der Waals surface area contributed by atoms with Gasteiger partial charge in [0.05, 0.1) is 18.8 Å². The van der Waals surface area contributed by atoms with Crippen LogP contribution in [0.15, 0.2) is 23.1 Å². The van der Waals surface area contributed by atoms with Crippen molar-refractivity contribution in [3.63, 3.8) is 0 Å². The van der Waals surface area contributed by atoms with Crippen molar-refractivity contribution in [2.75, 3.05) is 6.54 Å². The Kier molecular flexibility index (Phi) is 2.51. The van der Waals surface area contributed by atoms with E-state index >= 15 is 0 Å². The number of halogens is 2. The van der Waals surface area contributed by atoms with Gasteiger partial charge in [0.15, 0.2) is 0 Å². The lowest BCUT2D eigenvalue weighted by molar-refractivity contribution is 0.0200. The first-order chi connectivity index (χ1) is 8.64. The van der Waals surface area contributed by atoms with E-state index in [4.69, 9.17) is 4.52 Å². The molecule has 1 N–H and O–H groups in total.